The second-order valence-corrected chi connectivity index (χ2v) is 12.0. The number of carbonyl (C=O) groups is 4. The van der Waals surface area contributed by atoms with Gasteiger partial charge in [-0.15, -0.1) is 0 Å². The third-order valence-electron chi connectivity index (χ3n) is 8.91. The van der Waals surface area contributed by atoms with Crippen molar-refractivity contribution in [3.8, 4) is 11.5 Å². The summed E-state index contributed by atoms with van der Waals surface area (Å²) in [6, 6.07) is 3.12. The molecule has 0 aromatic heterocycles. The first-order chi connectivity index (χ1) is 18.2. The highest BCUT2D eigenvalue weighted by Crippen LogP contribution is 2.56. The Kier molecular flexibility index (Phi) is 6.38. The molecule has 1 saturated carbocycles. The van der Waals surface area contributed by atoms with Gasteiger partial charge in [-0.3, -0.25) is 24.1 Å². The van der Waals surface area contributed by atoms with E-state index >= 15 is 0 Å². The van der Waals surface area contributed by atoms with Gasteiger partial charge in [0.15, 0.2) is 23.1 Å². The topological polar surface area (TPSA) is 101 Å². The van der Waals surface area contributed by atoms with Crippen LogP contribution in [0.4, 0.5) is 0 Å². The Labute approximate surface area is 233 Å². The maximum Gasteiger partial charge on any atom is 0.233 e. The van der Waals surface area contributed by atoms with Crippen molar-refractivity contribution in [2.45, 2.75) is 56.9 Å². The molecule has 5 aliphatic rings. The number of rotatable bonds is 3. The second-order valence-electron chi connectivity index (χ2n) is 10.8. The van der Waals surface area contributed by atoms with Crippen LogP contribution in [-0.2, 0) is 19.2 Å². The molecule has 198 valence electrons. The molecule has 0 spiro atoms. The molecule has 4 atom stereocenters. The minimum Gasteiger partial charge on any atom is -0.503 e. The summed E-state index contributed by atoms with van der Waals surface area (Å²) in [5, 5.41) is 10.4. The van der Waals surface area contributed by atoms with Crippen molar-refractivity contribution in [3.63, 3.8) is 0 Å². The van der Waals surface area contributed by atoms with Gasteiger partial charge in [0, 0.05) is 29.2 Å². The number of hydrogen-bond donors (Lipinski definition) is 1. The summed E-state index contributed by atoms with van der Waals surface area (Å²) >= 11 is 9.59. The average molecular weight is 601 g/mol. The Morgan fingerprint density at radius 3 is 2.50 bits per heavy atom. The van der Waals surface area contributed by atoms with Crippen LogP contribution in [0.2, 0.25) is 5.02 Å². The number of aromatic hydroxyl groups is 1. The SMILES string of the molecule is COc1cc([C@H]2C3=CC[C@@H]4C(=O)N(C5CCCCC5)C(=O)[C@@H]4[C@@H]3CC3=C2C(=O)C=C(Br)C3=O)cc(Cl)c1O. The number of likely N-dealkylation sites (tertiary alicyclic amines) is 1. The van der Waals surface area contributed by atoms with Crippen LogP contribution in [0.15, 0.2) is 45.5 Å². The second kappa shape index (κ2) is 9.49. The number of amides is 2. The van der Waals surface area contributed by atoms with Crippen molar-refractivity contribution in [2.75, 3.05) is 7.11 Å². The summed E-state index contributed by atoms with van der Waals surface area (Å²) < 4.78 is 5.51. The lowest BCUT2D eigenvalue weighted by atomic mass is 9.59. The minimum absolute atomic E-state index is 0.0554. The molecule has 1 saturated heterocycles. The fraction of sp³-hybridized carbons (Fsp3) is 0.448. The van der Waals surface area contributed by atoms with E-state index in [2.05, 4.69) is 15.9 Å². The van der Waals surface area contributed by atoms with Gasteiger partial charge in [-0.1, -0.05) is 42.5 Å². The van der Waals surface area contributed by atoms with E-state index < -0.39 is 23.7 Å². The molecule has 9 heteroatoms. The quantitative estimate of drug-likeness (QED) is 0.293. The zero-order valence-electron chi connectivity index (χ0n) is 20.8. The number of nitrogens with zero attached hydrogens (tertiary/aromatic N) is 1. The lowest BCUT2D eigenvalue weighted by molar-refractivity contribution is -0.143. The third kappa shape index (κ3) is 3.74. The van der Waals surface area contributed by atoms with E-state index in [-0.39, 0.29) is 56.8 Å². The highest BCUT2D eigenvalue weighted by atomic mass is 79.9. The summed E-state index contributed by atoms with van der Waals surface area (Å²) in [7, 11) is 1.41. The molecule has 38 heavy (non-hydrogen) atoms. The maximum atomic E-state index is 13.9. The zero-order valence-corrected chi connectivity index (χ0v) is 23.2. The van der Waals surface area contributed by atoms with E-state index in [1.807, 2.05) is 6.08 Å². The number of ketones is 2. The Morgan fingerprint density at radius 1 is 1.05 bits per heavy atom. The molecule has 6 rings (SSSR count). The van der Waals surface area contributed by atoms with Gasteiger partial charge in [-0.2, -0.15) is 0 Å². The van der Waals surface area contributed by atoms with Gasteiger partial charge >= 0.3 is 0 Å². The summed E-state index contributed by atoms with van der Waals surface area (Å²) in [6.45, 7) is 0. The van der Waals surface area contributed by atoms with Crippen LogP contribution in [0.25, 0.3) is 0 Å². The van der Waals surface area contributed by atoms with E-state index in [0.29, 0.717) is 23.1 Å². The number of halogens is 2. The summed E-state index contributed by atoms with van der Waals surface area (Å²) in [4.78, 5) is 55.7. The average Bonchev–Trinajstić information content (AvgIpc) is 3.17. The molecule has 1 aromatic carbocycles. The van der Waals surface area contributed by atoms with Crippen molar-refractivity contribution in [3.05, 3.63) is 56.1 Å². The van der Waals surface area contributed by atoms with Gasteiger partial charge in [0.1, 0.15) is 0 Å². The molecule has 2 amide bonds. The van der Waals surface area contributed by atoms with Gasteiger partial charge in [0.25, 0.3) is 0 Å². The number of hydrogen-bond acceptors (Lipinski definition) is 6. The standard InChI is InChI=1S/C29H27BrClNO6/c1-38-22-10-13(9-20(31)27(22)35)23-15-7-8-16-24(29(37)32(28(16)36)14-5-3-2-4-6-14)17(15)11-18-25(23)21(33)12-19(30)26(18)34/h7,9-10,12,14,16-17,23-24,35H,2-6,8,11H2,1H3/t16-,17+,23-,24-/m0/s1. The lowest BCUT2D eigenvalue weighted by Crippen LogP contribution is -2.43. The van der Waals surface area contributed by atoms with E-state index in [9.17, 15) is 24.3 Å². The number of fused-ring (bicyclic) bond motifs is 3. The lowest BCUT2D eigenvalue weighted by Gasteiger charge is -2.42. The number of benzene rings is 1. The molecule has 2 fully saturated rings. The van der Waals surface area contributed by atoms with Crippen LogP contribution in [0.5, 0.6) is 11.5 Å². The first kappa shape index (κ1) is 25.6. The number of imide groups is 1. The van der Waals surface area contributed by atoms with Crippen LogP contribution >= 0.6 is 27.5 Å². The van der Waals surface area contributed by atoms with Gasteiger partial charge in [-0.05, 0) is 65.2 Å². The predicted octanol–water partition coefficient (Wildman–Crippen LogP) is 5.15. The highest BCUT2D eigenvalue weighted by molar-refractivity contribution is 9.12. The van der Waals surface area contributed by atoms with Gasteiger partial charge in [0.05, 0.1) is 28.5 Å². The molecule has 1 aromatic rings. The Bertz CT molecular complexity index is 1390. The van der Waals surface area contributed by atoms with Crippen molar-refractivity contribution < 1.29 is 29.0 Å². The Hall–Kier alpha value is -2.71. The Balaban J connectivity index is 1.49. The summed E-state index contributed by atoms with van der Waals surface area (Å²) in [5.74, 6) is -3.03. The maximum absolute atomic E-state index is 13.9. The minimum atomic E-state index is -0.656. The van der Waals surface area contributed by atoms with Crippen molar-refractivity contribution in [2.24, 2.45) is 17.8 Å². The number of ether oxygens (including phenoxy) is 1. The van der Waals surface area contributed by atoms with Crippen molar-refractivity contribution in [1.82, 2.24) is 4.90 Å². The number of methoxy groups -OCH3 is 1. The van der Waals surface area contributed by atoms with Gasteiger partial charge in [-0.25, -0.2) is 0 Å². The molecule has 0 unspecified atom stereocenters. The van der Waals surface area contributed by atoms with Crippen LogP contribution in [0.3, 0.4) is 0 Å². The fourth-order valence-corrected chi connectivity index (χ4v) is 7.89. The van der Waals surface area contributed by atoms with E-state index in [1.54, 1.807) is 12.1 Å². The monoisotopic (exact) mass is 599 g/mol. The van der Waals surface area contributed by atoms with E-state index in [4.69, 9.17) is 16.3 Å². The van der Waals surface area contributed by atoms with Crippen LogP contribution in [0.1, 0.15) is 56.4 Å². The molecule has 1 heterocycles. The molecule has 1 aliphatic heterocycles. The Morgan fingerprint density at radius 2 is 1.79 bits per heavy atom. The summed E-state index contributed by atoms with van der Waals surface area (Å²) in [5.41, 5.74) is 2.13. The van der Waals surface area contributed by atoms with Gasteiger partial charge in [0.2, 0.25) is 11.8 Å². The molecule has 0 radical (unpaired) electrons. The number of phenolic OH excluding ortho intramolecular Hbond substituents is 1. The van der Waals surface area contributed by atoms with Crippen LogP contribution in [0, 0.1) is 17.8 Å². The fourth-order valence-electron chi connectivity index (χ4n) is 7.23. The first-order valence-corrected chi connectivity index (χ1v) is 14.2. The number of allylic oxidation sites excluding steroid dienone is 6. The number of phenols is 1. The zero-order chi connectivity index (χ0) is 26.9. The predicted molar refractivity (Wildman–Crippen MR) is 143 cm³/mol. The smallest absolute Gasteiger partial charge is 0.233 e. The van der Waals surface area contributed by atoms with Crippen molar-refractivity contribution >= 4 is 50.9 Å². The number of carbonyl (C=O) groups excluding carboxylic acids is 4. The molecule has 7 nitrogen and oxygen atoms in total. The largest absolute Gasteiger partial charge is 0.503 e. The molecule has 0 bridgehead atoms. The molecular formula is C29H27BrClNO6. The van der Waals surface area contributed by atoms with Crippen molar-refractivity contribution in [1.29, 1.82) is 0 Å². The molecule has 4 aliphatic carbocycles. The van der Waals surface area contributed by atoms with Crippen LogP contribution in [-0.4, -0.2) is 46.5 Å². The van der Waals surface area contributed by atoms with E-state index in [0.717, 1.165) is 37.7 Å². The number of Topliss-reactive ketones (excluding diaryl/α,β-unsaturated/α-hetero) is 1. The third-order valence-corrected chi connectivity index (χ3v) is 9.79. The van der Waals surface area contributed by atoms with Gasteiger partial charge < -0.3 is 9.84 Å². The molecule has 1 N–H and O–H groups in total. The molecular weight excluding hydrogens is 574 g/mol. The van der Waals surface area contributed by atoms with E-state index in [1.165, 1.54) is 18.1 Å². The normalized spacial score (nSPS) is 29.6. The highest BCUT2D eigenvalue weighted by Gasteiger charge is 2.57. The summed E-state index contributed by atoms with van der Waals surface area (Å²) in [6.07, 6.45) is 8.66. The first-order valence-electron chi connectivity index (χ1n) is 13.1. The van der Waals surface area contributed by atoms with Crippen LogP contribution < -0.4 is 4.74 Å².